The number of carbonyl (C=O) groups is 1. The molecule has 0 saturated carbocycles. The molecule has 0 unspecified atom stereocenters. The van der Waals surface area contributed by atoms with Crippen molar-refractivity contribution < 1.29 is 24.1 Å². The molecule has 3 N–H and O–H groups in total. The number of aliphatic hydroxyl groups excluding tert-OH is 1. The number of hydrogen-bond acceptors (Lipinski definition) is 6. The fraction of sp³-hybridized carbons (Fsp3) is 0.424. The first kappa shape index (κ1) is 29.2. The number of nitrogens with zero attached hydrogens (tertiary/aromatic N) is 1. The van der Waals surface area contributed by atoms with Gasteiger partial charge < -0.3 is 30.0 Å². The van der Waals surface area contributed by atoms with E-state index in [1.165, 1.54) is 0 Å². The molecule has 0 bridgehead atoms. The quantitative estimate of drug-likeness (QED) is 0.308. The Balaban J connectivity index is 1.32. The van der Waals surface area contributed by atoms with E-state index in [9.17, 15) is 9.90 Å². The molecule has 3 aromatic carbocycles. The fourth-order valence-electron chi connectivity index (χ4n) is 5.79. The van der Waals surface area contributed by atoms with Crippen molar-refractivity contribution in [2.75, 3.05) is 32.1 Å². The largest absolute Gasteiger partial charge is 0.392 e. The Labute approximate surface area is 242 Å². The highest BCUT2D eigenvalue weighted by Gasteiger charge is 2.40. The summed E-state index contributed by atoms with van der Waals surface area (Å²) in [4.78, 5) is 15.1. The van der Waals surface area contributed by atoms with Crippen LogP contribution in [0.4, 0.5) is 10.5 Å². The summed E-state index contributed by atoms with van der Waals surface area (Å²) in [6.07, 6.45) is 1.42. The van der Waals surface area contributed by atoms with Gasteiger partial charge in [0, 0.05) is 43.4 Å². The van der Waals surface area contributed by atoms with Gasteiger partial charge in [-0.05, 0) is 48.2 Å². The van der Waals surface area contributed by atoms with Crippen LogP contribution in [0.15, 0.2) is 78.9 Å². The van der Waals surface area contributed by atoms with E-state index in [4.69, 9.17) is 14.2 Å². The molecule has 0 aromatic heterocycles. The second-order valence-corrected chi connectivity index (χ2v) is 11.0. The predicted molar refractivity (Wildman–Crippen MR) is 158 cm³/mol. The lowest BCUT2D eigenvalue weighted by Gasteiger charge is -2.43. The van der Waals surface area contributed by atoms with Gasteiger partial charge in [-0.3, -0.25) is 4.90 Å². The first-order valence-corrected chi connectivity index (χ1v) is 14.5. The van der Waals surface area contributed by atoms with Gasteiger partial charge in [0.25, 0.3) is 0 Å². The van der Waals surface area contributed by atoms with E-state index in [1.54, 1.807) is 7.11 Å². The number of aliphatic hydroxyl groups is 1. The number of amides is 2. The third-order valence-electron chi connectivity index (χ3n) is 8.11. The Morgan fingerprint density at radius 2 is 1.80 bits per heavy atom. The average molecular weight is 560 g/mol. The van der Waals surface area contributed by atoms with Gasteiger partial charge in [0.1, 0.15) is 0 Å². The highest BCUT2D eigenvalue weighted by molar-refractivity contribution is 5.89. The van der Waals surface area contributed by atoms with E-state index in [1.807, 2.05) is 78.9 Å². The second-order valence-electron chi connectivity index (χ2n) is 11.0. The predicted octanol–water partition coefficient (Wildman–Crippen LogP) is 5.40. The van der Waals surface area contributed by atoms with Crippen LogP contribution in [0.5, 0.6) is 0 Å². The first-order valence-electron chi connectivity index (χ1n) is 14.5. The van der Waals surface area contributed by atoms with Crippen molar-refractivity contribution >= 4 is 11.7 Å². The topological polar surface area (TPSA) is 92.3 Å². The van der Waals surface area contributed by atoms with E-state index in [0.717, 1.165) is 48.2 Å². The Morgan fingerprint density at radius 3 is 2.56 bits per heavy atom. The molecule has 2 aliphatic rings. The molecular weight excluding hydrogens is 518 g/mol. The third kappa shape index (κ3) is 7.52. The molecule has 0 radical (unpaired) electrons. The molecule has 3 aromatic rings. The molecule has 8 nitrogen and oxygen atoms in total. The van der Waals surface area contributed by atoms with E-state index in [2.05, 4.69) is 22.5 Å². The van der Waals surface area contributed by atoms with Crippen LogP contribution in [-0.4, -0.2) is 55.0 Å². The van der Waals surface area contributed by atoms with Crippen LogP contribution in [0, 0.1) is 5.92 Å². The van der Waals surface area contributed by atoms with Crippen molar-refractivity contribution in [2.45, 2.75) is 57.5 Å². The van der Waals surface area contributed by atoms with Crippen molar-refractivity contribution in [1.82, 2.24) is 10.2 Å². The number of ether oxygens (including phenoxy) is 3. The number of urea groups is 1. The van der Waals surface area contributed by atoms with Crippen LogP contribution in [-0.2, 0) is 27.4 Å². The van der Waals surface area contributed by atoms with Gasteiger partial charge in [-0.25, -0.2) is 4.79 Å². The maximum absolute atomic E-state index is 12.6. The van der Waals surface area contributed by atoms with E-state index < -0.39 is 6.29 Å². The summed E-state index contributed by atoms with van der Waals surface area (Å²) in [6.45, 7) is 5.16. The first-order chi connectivity index (χ1) is 20.0. The lowest BCUT2D eigenvalue weighted by atomic mass is 9.90. The number of carbonyl (C=O) groups excluding carboxylic acids is 1. The maximum atomic E-state index is 12.6. The number of rotatable bonds is 10. The second kappa shape index (κ2) is 14.1. The molecule has 5 atom stereocenters. The minimum absolute atomic E-state index is 0.00425. The lowest BCUT2D eigenvalue weighted by molar-refractivity contribution is -0.276. The maximum Gasteiger partial charge on any atom is 0.319 e. The number of anilines is 1. The van der Waals surface area contributed by atoms with Crippen LogP contribution < -0.4 is 10.6 Å². The minimum Gasteiger partial charge on any atom is -0.392 e. The number of benzene rings is 3. The van der Waals surface area contributed by atoms with Crippen LogP contribution in [0.1, 0.15) is 54.4 Å². The summed E-state index contributed by atoms with van der Waals surface area (Å²) < 4.78 is 18.8. The summed E-state index contributed by atoms with van der Waals surface area (Å²) in [5, 5.41) is 15.4. The number of hydrogen-bond donors (Lipinski definition) is 3. The molecule has 41 heavy (non-hydrogen) atoms. The molecular formula is C33H41N3O5. The van der Waals surface area contributed by atoms with Gasteiger partial charge in [0.15, 0.2) is 6.29 Å². The zero-order valence-electron chi connectivity index (χ0n) is 23.9. The Bertz CT molecular complexity index is 1260. The highest BCUT2D eigenvalue weighted by atomic mass is 16.7. The monoisotopic (exact) mass is 559 g/mol. The van der Waals surface area contributed by atoms with Gasteiger partial charge in [0.2, 0.25) is 0 Å². The molecule has 2 heterocycles. The molecule has 0 aliphatic carbocycles. The summed E-state index contributed by atoms with van der Waals surface area (Å²) in [7, 11) is 1.76. The molecule has 2 amide bonds. The van der Waals surface area contributed by atoms with Crippen molar-refractivity contribution in [3.8, 4) is 0 Å². The van der Waals surface area contributed by atoms with Crippen molar-refractivity contribution in [3.63, 3.8) is 0 Å². The minimum atomic E-state index is -0.601. The fourth-order valence-corrected chi connectivity index (χ4v) is 5.79. The third-order valence-corrected chi connectivity index (χ3v) is 8.11. The van der Waals surface area contributed by atoms with Crippen LogP contribution in [0.25, 0.3) is 0 Å². The average Bonchev–Trinajstić information content (AvgIpc) is 3.44. The van der Waals surface area contributed by atoms with E-state index >= 15 is 0 Å². The molecule has 2 fully saturated rings. The van der Waals surface area contributed by atoms with Crippen molar-refractivity contribution in [2.24, 2.45) is 5.92 Å². The molecule has 0 spiro atoms. The molecule has 218 valence electrons. The van der Waals surface area contributed by atoms with E-state index in [-0.39, 0.29) is 30.8 Å². The summed E-state index contributed by atoms with van der Waals surface area (Å²) in [5.41, 5.74) is 4.46. The molecule has 2 saturated heterocycles. The molecule has 8 heteroatoms. The highest BCUT2D eigenvalue weighted by Crippen LogP contribution is 2.42. The van der Waals surface area contributed by atoms with Gasteiger partial charge in [-0.1, -0.05) is 73.7 Å². The SMILES string of the molecule is COC[C@@H]1CCCN1C[C@H]1O[C@@H](c2cccc(NC(=O)NCc3ccccc3)c2)O[C@@H](c2ccc(CO)cc2)[C@H]1C. The van der Waals surface area contributed by atoms with Gasteiger partial charge in [-0.15, -0.1) is 0 Å². The van der Waals surface area contributed by atoms with Gasteiger partial charge >= 0.3 is 6.03 Å². The van der Waals surface area contributed by atoms with Crippen molar-refractivity contribution in [3.05, 3.63) is 101 Å². The Morgan fingerprint density at radius 1 is 1.00 bits per heavy atom. The zero-order valence-corrected chi connectivity index (χ0v) is 23.9. The lowest BCUT2D eigenvalue weighted by Crippen LogP contribution is -2.46. The standard InChI is InChI=1S/C33H41N3O5/c1-23-30(20-36-17-7-12-29(36)22-39-2)40-32(41-31(23)26-15-13-25(21-37)14-16-26)27-10-6-11-28(18-27)35-33(38)34-19-24-8-4-3-5-9-24/h3-6,8-11,13-16,18,23,29-32,37H,7,12,17,19-22H2,1-2H3,(H2,34,35,38)/t23-,29-,30+,31+,32+/m0/s1. The van der Waals surface area contributed by atoms with E-state index in [0.29, 0.717) is 24.9 Å². The van der Waals surface area contributed by atoms with Crippen LogP contribution in [0.2, 0.25) is 0 Å². The van der Waals surface area contributed by atoms with Gasteiger partial charge in [-0.2, -0.15) is 0 Å². The Kier molecular flexibility index (Phi) is 10.0. The smallest absolute Gasteiger partial charge is 0.319 e. The Hall–Kier alpha value is -3.27. The normalized spacial score (nSPS) is 24.7. The summed E-state index contributed by atoms with van der Waals surface area (Å²) in [6, 6.07) is 25.5. The zero-order chi connectivity index (χ0) is 28.6. The number of nitrogens with one attached hydrogen (secondary N) is 2. The molecule has 2 aliphatic heterocycles. The summed E-state index contributed by atoms with van der Waals surface area (Å²) in [5.74, 6) is 0.0973. The number of likely N-dealkylation sites (tertiary alicyclic amines) is 1. The summed E-state index contributed by atoms with van der Waals surface area (Å²) >= 11 is 0. The number of methoxy groups -OCH3 is 1. The van der Waals surface area contributed by atoms with Crippen molar-refractivity contribution in [1.29, 1.82) is 0 Å². The van der Waals surface area contributed by atoms with Gasteiger partial charge in [0.05, 0.1) is 25.4 Å². The molecule has 5 rings (SSSR count). The van der Waals surface area contributed by atoms with Crippen LogP contribution >= 0.6 is 0 Å². The van der Waals surface area contributed by atoms with Crippen LogP contribution in [0.3, 0.4) is 0 Å².